The maximum absolute atomic E-state index is 11.6. The van der Waals surface area contributed by atoms with Crippen LogP contribution in [-0.4, -0.2) is 43.7 Å². The average Bonchev–Trinajstić information content (AvgIpc) is 2.42. The zero-order valence-electron chi connectivity index (χ0n) is 12.0. The minimum absolute atomic E-state index is 0. The molecule has 1 aromatic heterocycles. The van der Waals surface area contributed by atoms with E-state index < -0.39 is 0 Å². The van der Waals surface area contributed by atoms with E-state index in [0.717, 1.165) is 0 Å². The number of methoxy groups -OCH3 is 1. The SMILES string of the molecule is COC(CN)CC(=O)NCCNc1ncc(Cl)cc1Cl.Cl.Cl. The summed E-state index contributed by atoms with van der Waals surface area (Å²) in [4.78, 5) is 15.6. The molecule has 1 heterocycles. The number of carbonyl (C=O) groups is 1. The zero-order chi connectivity index (χ0) is 15.0. The number of nitrogens with zero attached hydrogens (tertiary/aromatic N) is 1. The van der Waals surface area contributed by atoms with Crippen molar-refractivity contribution >= 4 is 59.7 Å². The number of hydrogen-bond donors (Lipinski definition) is 3. The van der Waals surface area contributed by atoms with E-state index in [1.165, 1.54) is 13.3 Å². The summed E-state index contributed by atoms with van der Waals surface area (Å²) >= 11 is 11.7. The predicted octanol–water partition coefficient (Wildman–Crippen LogP) is 2.12. The molecule has 0 saturated carbocycles. The maximum Gasteiger partial charge on any atom is 0.222 e. The normalized spacial score (nSPS) is 10.9. The Balaban J connectivity index is 0. The van der Waals surface area contributed by atoms with E-state index in [9.17, 15) is 4.79 Å². The van der Waals surface area contributed by atoms with E-state index >= 15 is 0 Å². The Kier molecular flexibility index (Phi) is 14.0. The molecular weight excluding hydrogens is 374 g/mol. The molecule has 0 radical (unpaired) electrons. The Bertz CT molecular complexity index is 447. The molecule has 0 saturated heterocycles. The van der Waals surface area contributed by atoms with Crippen LogP contribution in [0.15, 0.2) is 12.3 Å². The first-order valence-electron chi connectivity index (χ1n) is 6.11. The Hall–Kier alpha value is -0.500. The summed E-state index contributed by atoms with van der Waals surface area (Å²) in [6, 6.07) is 1.60. The van der Waals surface area contributed by atoms with E-state index in [0.29, 0.717) is 35.5 Å². The summed E-state index contributed by atoms with van der Waals surface area (Å²) in [6.45, 7) is 1.26. The van der Waals surface area contributed by atoms with Crippen molar-refractivity contribution in [2.24, 2.45) is 5.73 Å². The van der Waals surface area contributed by atoms with Crippen molar-refractivity contribution in [3.8, 4) is 0 Å². The number of aromatic nitrogens is 1. The van der Waals surface area contributed by atoms with E-state index in [1.54, 1.807) is 6.07 Å². The third-order valence-electron chi connectivity index (χ3n) is 2.56. The Morgan fingerprint density at radius 3 is 2.64 bits per heavy atom. The first-order chi connectivity index (χ1) is 9.56. The largest absolute Gasteiger partial charge is 0.380 e. The van der Waals surface area contributed by atoms with Gasteiger partial charge in [0.2, 0.25) is 5.91 Å². The fourth-order valence-corrected chi connectivity index (χ4v) is 1.92. The Labute approximate surface area is 152 Å². The second-order valence-corrected chi connectivity index (χ2v) is 4.90. The van der Waals surface area contributed by atoms with Crippen LogP contribution in [0.1, 0.15) is 6.42 Å². The molecule has 0 spiro atoms. The van der Waals surface area contributed by atoms with Crippen molar-refractivity contribution in [3.63, 3.8) is 0 Å². The van der Waals surface area contributed by atoms with E-state index in [4.69, 9.17) is 33.7 Å². The van der Waals surface area contributed by atoms with Gasteiger partial charge in [0, 0.05) is 32.9 Å². The van der Waals surface area contributed by atoms with Gasteiger partial charge in [0.1, 0.15) is 5.82 Å². The van der Waals surface area contributed by atoms with Crippen molar-refractivity contribution in [1.29, 1.82) is 0 Å². The van der Waals surface area contributed by atoms with Crippen LogP contribution in [0, 0.1) is 0 Å². The van der Waals surface area contributed by atoms with Gasteiger partial charge in [-0.15, -0.1) is 24.8 Å². The molecule has 1 amide bonds. The molecule has 0 aliphatic heterocycles. The lowest BCUT2D eigenvalue weighted by atomic mass is 10.2. The smallest absolute Gasteiger partial charge is 0.222 e. The zero-order valence-corrected chi connectivity index (χ0v) is 15.1. The van der Waals surface area contributed by atoms with Gasteiger partial charge in [-0.3, -0.25) is 4.79 Å². The maximum atomic E-state index is 11.6. The highest BCUT2D eigenvalue weighted by molar-refractivity contribution is 6.35. The second-order valence-electron chi connectivity index (χ2n) is 4.06. The lowest BCUT2D eigenvalue weighted by molar-refractivity contribution is -0.123. The van der Waals surface area contributed by atoms with Crippen LogP contribution >= 0.6 is 48.0 Å². The van der Waals surface area contributed by atoms with Gasteiger partial charge in [-0.05, 0) is 6.07 Å². The number of amides is 1. The van der Waals surface area contributed by atoms with Gasteiger partial charge in [0.25, 0.3) is 0 Å². The van der Waals surface area contributed by atoms with E-state index in [-0.39, 0.29) is 43.2 Å². The Morgan fingerprint density at radius 1 is 1.41 bits per heavy atom. The molecule has 1 rings (SSSR count). The van der Waals surface area contributed by atoms with Gasteiger partial charge in [-0.25, -0.2) is 4.98 Å². The minimum Gasteiger partial charge on any atom is -0.380 e. The van der Waals surface area contributed by atoms with E-state index in [2.05, 4.69) is 15.6 Å². The van der Waals surface area contributed by atoms with Gasteiger partial charge in [0.15, 0.2) is 0 Å². The number of carbonyl (C=O) groups excluding carboxylic acids is 1. The summed E-state index contributed by atoms with van der Waals surface area (Å²) < 4.78 is 5.03. The fraction of sp³-hybridized carbons (Fsp3) is 0.500. The number of hydrogen-bond acceptors (Lipinski definition) is 5. The molecule has 0 aromatic carbocycles. The topological polar surface area (TPSA) is 89.3 Å². The molecule has 10 heteroatoms. The van der Waals surface area contributed by atoms with Gasteiger partial charge in [0.05, 0.1) is 22.6 Å². The van der Waals surface area contributed by atoms with Gasteiger partial charge >= 0.3 is 0 Å². The minimum atomic E-state index is -0.254. The summed E-state index contributed by atoms with van der Waals surface area (Å²) in [5, 5.41) is 6.66. The van der Waals surface area contributed by atoms with Crippen molar-refractivity contribution in [3.05, 3.63) is 22.3 Å². The first-order valence-corrected chi connectivity index (χ1v) is 6.87. The Morgan fingerprint density at radius 2 is 2.09 bits per heavy atom. The van der Waals surface area contributed by atoms with Crippen LogP contribution in [0.4, 0.5) is 5.82 Å². The van der Waals surface area contributed by atoms with Crippen molar-refractivity contribution in [2.75, 3.05) is 32.1 Å². The molecular formula is C12H20Cl4N4O2. The number of pyridine rings is 1. The summed E-state index contributed by atoms with van der Waals surface area (Å²) in [5.74, 6) is 0.418. The highest BCUT2D eigenvalue weighted by Gasteiger charge is 2.10. The number of anilines is 1. The number of rotatable bonds is 8. The standard InChI is InChI=1S/C12H18Cl2N4O2.2ClH/c1-20-9(6-15)5-11(19)16-2-3-17-12-10(14)4-8(13)7-18-12;;/h4,7,9H,2-3,5-6,15H2,1H3,(H,16,19)(H,17,18);2*1H. The van der Waals surface area contributed by atoms with Gasteiger partial charge < -0.3 is 21.1 Å². The van der Waals surface area contributed by atoms with Crippen LogP contribution < -0.4 is 16.4 Å². The number of nitrogens with one attached hydrogen (secondary N) is 2. The molecule has 6 nitrogen and oxygen atoms in total. The molecule has 1 unspecified atom stereocenters. The van der Waals surface area contributed by atoms with Gasteiger partial charge in [-0.1, -0.05) is 23.2 Å². The van der Waals surface area contributed by atoms with Crippen molar-refractivity contribution in [1.82, 2.24) is 10.3 Å². The second kappa shape index (κ2) is 13.0. The lowest BCUT2D eigenvalue weighted by Gasteiger charge is -2.13. The third kappa shape index (κ3) is 8.82. The highest BCUT2D eigenvalue weighted by atomic mass is 35.5. The molecule has 22 heavy (non-hydrogen) atoms. The predicted molar refractivity (Wildman–Crippen MR) is 94.7 cm³/mol. The summed E-state index contributed by atoms with van der Waals surface area (Å²) in [7, 11) is 1.53. The molecule has 4 N–H and O–H groups in total. The molecule has 1 atom stereocenters. The summed E-state index contributed by atoms with van der Waals surface area (Å²) in [5.41, 5.74) is 5.44. The first kappa shape index (κ1) is 23.8. The van der Waals surface area contributed by atoms with Crippen molar-refractivity contribution < 1.29 is 9.53 Å². The monoisotopic (exact) mass is 392 g/mol. The van der Waals surface area contributed by atoms with Crippen LogP contribution in [0.2, 0.25) is 10.0 Å². The van der Waals surface area contributed by atoms with Crippen LogP contribution in [0.3, 0.4) is 0 Å². The summed E-state index contributed by atoms with van der Waals surface area (Å²) in [6.07, 6.45) is 1.49. The lowest BCUT2D eigenvalue weighted by Crippen LogP contribution is -2.34. The number of halogens is 4. The average molecular weight is 394 g/mol. The van der Waals surface area contributed by atoms with Gasteiger partial charge in [-0.2, -0.15) is 0 Å². The number of nitrogens with two attached hydrogens (primary N) is 1. The van der Waals surface area contributed by atoms with Crippen LogP contribution in [-0.2, 0) is 9.53 Å². The van der Waals surface area contributed by atoms with Crippen LogP contribution in [0.25, 0.3) is 0 Å². The molecule has 0 aliphatic rings. The van der Waals surface area contributed by atoms with Crippen LogP contribution in [0.5, 0.6) is 0 Å². The van der Waals surface area contributed by atoms with E-state index in [1.807, 2.05) is 0 Å². The fourth-order valence-electron chi connectivity index (χ4n) is 1.47. The molecule has 0 aliphatic carbocycles. The molecule has 1 aromatic rings. The quantitative estimate of drug-likeness (QED) is 0.588. The number of ether oxygens (including phenoxy) is 1. The molecule has 0 fully saturated rings. The highest BCUT2D eigenvalue weighted by Crippen LogP contribution is 2.21. The molecule has 0 bridgehead atoms. The third-order valence-corrected chi connectivity index (χ3v) is 3.05. The van der Waals surface area contributed by atoms with Crippen molar-refractivity contribution in [2.45, 2.75) is 12.5 Å². The molecule has 128 valence electrons.